The van der Waals surface area contributed by atoms with Gasteiger partial charge in [-0.2, -0.15) is 0 Å². The summed E-state index contributed by atoms with van der Waals surface area (Å²) in [6, 6.07) is 7.03. The van der Waals surface area contributed by atoms with Gasteiger partial charge >= 0.3 is 0 Å². The van der Waals surface area contributed by atoms with Crippen molar-refractivity contribution in [3.05, 3.63) is 45.5 Å². The van der Waals surface area contributed by atoms with Crippen molar-refractivity contribution in [3.63, 3.8) is 0 Å². The van der Waals surface area contributed by atoms with Crippen molar-refractivity contribution < 1.29 is 14.7 Å². The largest absolute Gasteiger partial charge is 0.355 e. The van der Waals surface area contributed by atoms with Gasteiger partial charge in [-0.1, -0.05) is 24.3 Å². The lowest BCUT2D eigenvalue weighted by molar-refractivity contribution is -0.763. The molecule has 0 aromatic heterocycles. The Hall–Kier alpha value is -2.11. The van der Waals surface area contributed by atoms with E-state index in [1.165, 1.54) is 0 Å². The number of hydrogen-bond donors (Lipinski definition) is 1. The predicted molar refractivity (Wildman–Crippen MR) is 51.1 cm³/mol. The lowest BCUT2D eigenvalue weighted by Gasteiger charge is -2.07. The van der Waals surface area contributed by atoms with Crippen LogP contribution in [0.5, 0.6) is 0 Å². The Morgan fingerprint density at radius 1 is 1.40 bits per heavy atom. The molecule has 6 heteroatoms. The number of amides is 1. The van der Waals surface area contributed by atoms with Gasteiger partial charge in [0.1, 0.15) is 6.61 Å². The van der Waals surface area contributed by atoms with Crippen molar-refractivity contribution in [1.29, 1.82) is 0 Å². The van der Waals surface area contributed by atoms with Crippen molar-refractivity contribution in [2.75, 3.05) is 0 Å². The van der Waals surface area contributed by atoms with Crippen LogP contribution in [0.15, 0.2) is 24.3 Å². The van der Waals surface area contributed by atoms with Crippen LogP contribution in [0.4, 0.5) is 0 Å². The highest BCUT2D eigenvalue weighted by atomic mass is 16.9. The molecule has 1 aromatic carbocycles. The monoisotopic (exact) mass is 210 g/mol. The summed E-state index contributed by atoms with van der Waals surface area (Å²) in [7, 11) is 0. The lowest BCUT2D eigenvalue weighted by atomic mass is 10.1. The van der Waals surface area contributed by atoms with Gasteiger partial charge in [-0.25, -0.2) is 0 Å². The van der Waals surface area contributed by atoms with Crippen LogP contribution in [0, 0.1) is 10.1 Å². The van der Waals surface area contributed by atoms with Gasteiger partial charge in [0.2, 0.25) is 6.41 Å². The zero-order valence-corrected chi connectivity index (χ0v) is 7.88. The number of rotatable bonds is 6. The van der Waals surface area contributed by atoms with E-state index in [1.807, 2.05) is 0 Å². The molecule has 0 saturated heterocycles. The van der Waals surface area contributed by atoms with E-state index in [2.05, 4.69) is 10.2 Å². The van der Waals surface area contributed by atoms with Crippen LogP contribution < -0.4 is 5.32 Å². The summed E-state index contributed by atoms with van der Waals surface area (Å²) >= 11 is 0. The minimum Gasteiger partial charge on any atom is -0.355 e. The Morgan fingerprint density at radius 3 is 2.67 bits per heavy atom. The highest BCUT2D eigenvalue weighted by Gasteiger charge is 2.03. The molecule has 1 rings (SSSR count). The van der Waals surface area contributed by atoms with Gasteiger partial charge in [0.05, 0.1) is 0 Å². The maximum absolute atomic E-state index is 10.1. The van der Waals surface area contributed by atoms with Gasteiger partial charge < -0.3 is 10.2 Å². The van der Waals surface area contributed by atoms with Crippen LogP contribution >= 0.6 is 0 Å². The molecule has 0 unspecified atom stereocenters. The summed E-state index contributed by atoms with van der Waals surface area (Å²) in [5.74, 6) is 0. The van der Waals surface area contributed by atoms with E-state index in [4.69, 9.17) is 0 Å². The standard InChI is InChI=1S/C9H10N2O4/c12-7-10-5-8-3-1-2-4-9(8)6-15-11(13)14/h1-4,7H,5-6H2,(H,10,12). The average molecular weight is 210 g/mol. The van der Waals surface area contributed by atoms with Crippen LogP contribution in [0.1, 0.15) is 11.1 Å². The Labute approximate surface area is 86.0 Å². The summed E-state index contributed by atoms with van der Waals surface area (Å²) in [5.41, 5.74) is 1.48. The number of nitrogens with zero attached hydrogens (tertiary/aromatic N) is 1. The first-order chi connectivity index (χ1) is 7.24. The molecule has 1 N–H and O–H groups in total. The van der Waals surface area contributed by atoms with Gasteiger partial charge in [-0.3, -0.25) is 4.79 Å². The van der Waals surface area contributed by atoms with Crippen molar-refractivity contribution >= 4 is 6.41 Å². The number of carbonyl (C=O) groups is 1. The lowest BCUT2D eigenvalue weighted by Crippen LogP contribution is -2.12. The molecule has 0 aliphatic heterocycles. The predicted octanol–water partition coefficient (Wildman–Crippen LogP) is 0.641. The van der Waals surface area contributed by atoms with Gasteiger partial charge in [0.25, 0.3) is 5.09 Å². The van der Waals surface area contributed by atoms with Crippen molar-refractivity contribution in [2.24, 2.45) is 0 Å². The Morgan fingerprint density at radius 2 is 2.07 bits per heavy atom. The molecule has 0 bridgehead atoms. The van der Waals surface area contributed by atoms with Crippen molar-refractivity contribution in [3.8, 4) is 0 Å². The highest BCUT2D eigenvalue weighted by Crippen LogP contribution is 2.09. The average Bonchev–Trinajstić information content (AvgIpc) is 2.24. The van der Waals surface area contributed by atoms with Crippen LogP contribution in [0.3, 0.4) is 0 Å². The molecule has 0 radical (unpaired) electrons. The molecule has 15 heavy (non-hydrogen) atoms. The summed E-state index contributed by atoms with van der Waals surface area (Å²) in [6.07, 6.45) is 0.575. The quantitative estimate of drug-likeness (QED) is 0.424. The highest BCUT2D eigenvalue weighted by molar-refractivity contribution is 5.46. The molecule has 0 aliphatic rings. The van der Waals surface area contributed by atoms with E-state index in [-0.39, 0.29) is 6.61 Å². The second-order valence-electron chi connectivity index (χ2n) is 2.76. The molecule has 6 nitrogen and oxygen atoms in total. The van der Waals surface area contributed by atoms with Crippen LogP contribution in [-0.4, -0.2) is 11.5 Å². The second kappa shape index (κ2) is 5.58. The fourth-order valence-corrected chi connectivity index (χ4v) is 1.14. The third-order valence-electron chi connectivity index (χ3n) is 1.82. The second-order valence-corrected chi connectivity index (χ2v) is 2.76. The zero-order chi connectivity index (χ0) is 11.1. The molecule has 0 aliphatic carbocycles. The third kappa shape index (κ3) is 3.63. The van der Waals surface area contributed by atoms with Crippen LogP contribution in [-0.2, 0) is 22.8 Å². The maximum Gasteiger partial charge on any atom is 0.294 e. The Balaban J connectivity index is 2.67. The van der Waals surface area contributed by atoms with Crippen molar-refractivity contribution in [2.45, 2.75) is 13.2 Å². The molecule has 0 saturated carbocycles. The molecular weight excluding hydrogens is 200 g/mol. The van der Waals surface area contributed by atoms with Crippen LogP contribution in [0.25, 0.3) is 0 Å². The van der Waals surface area contributed by atoms with E-state index in [9.17, 15) is 14.9 Å². The Kier molecular flexibility index (Phi) is 4.08. The van der Waals surface area contributed by atoms with Gasteiger partial charge in [-0.05, 0) is 11.1 Å². The number of hydrogen-bond acceptors (Lipinski definition) is 4. The molecule has 1 amide bonds. The summed E-state index contributed by atoms with van der Waals surface area (Å²) in [5, 5.41) is 11.7. The SMILES string of the molecule is O=CNCc1ccccc1CO[N+](=O)[O-]. The molecule has 0 atom stereocenters. The number of carbonyl (C=O) groups excluding carboxylic acids is 1. The van der Waals surface area contributed by atoms with E-state index in [1.54, 1.807) is 24.3 Å². The Bertz CT molecular complexity index is 354. The molecular formula is C9H10N2O4. The number of benzene rings is 1. The van der Waals surface area contributed by atoms with E-state index in [0.717, 1.165) is 5.56 Å². The van der Waals surface area contributed by atoms with Gasteiger partial charge in [0, 0.05) is 6.54 Å². The van der Waals surface area contributed by atoms with Gasteiger partial charge in [-0.15, -0.1) is 10.1 Å². The third-order valence-corrected chi connectivity index (χ3v) is 1.82. The minimum absolute atomic E-state index is 0.107. The first-order valence-electron chi connectivity index (χ1n) is 4.25. The van der Waals surface area contributed by atoms with Crippen molar-refractivity contribution in [1.82, 2.24) is 5.32 Å². The first kappa shape index (κ1) is 11.0. The molecule has 0 fully saturated rings. The topological polar surface area (TPSA) is 81.5 Å². The smallest absolute Gasteiger partial charge is 0.294 e. The first-order valence-corrected chi connectivity index (χ1v) is 4.25. The molecule has 1 aromatic rings. The summed E-state index contributed by atoms with van der Waals surface area (Å²) in [4.78, 5) is 24.4. The summed E-state index contributed by atoms with van der Waals surface area (Å²) in [6.45, 7) is 0.227. The van der Waals surface area contributed by atoms with Crippen LogP contribution in [0.2, 0.25) is 0 Å². The summed E-state index contributed by atoms with van der Waals surface area (Å²) < 4.78 is 0. The fourth-order valence-electron chi connectivity index (χ4n) is 1.14. The van der Waals surface area contributed by atoms with E-state index < -0.39 is 5.09 Å². The zero-order valence-electron chi connectivity index (χ0n) is 7.88. The normalized spacial score (nSPS) is 9.33. The molecule has 0 spiro atoms. The minimum atomic E-state index is -0.843. The fraction of sp³-hybridized carbons (Fsp3) is 0.222. The molecule has 0 heterocycles. The molecule has 80 valence electrons. The maximum atomic E-state index is 10.1. The number of nitrogens with one attached hydrogen (secondary N) is 1. The van der Waals surface area contributed by atoms with E-state index >= 15 is 0 Å². The van der Waals surface area contributed by atoms with Gasteiger partial charge in [0.15, 0.2) is 0 Å². The van der Waals surface area contributed by atoms with E-state index in [0.29, 0.717) is 18.5 Å².